The predicted octanol–water partition coefficient (Wildman–Crippen LogP) is 0.684. The third-order valence-electron chi connectivity index (χ3n) is 1.98. The van der Waals surface area contributed by atoms with E-state index in [0.29, 0.717) is 10.8 Å². The van der Waals surface area contributed by atoms with Crippen molar-refractivity contribution in [1.82, 2.24) is 10.9 Å². The van der Waals surface area contributed by atoms with Crippen LogP contribution >= 0.6 is 23.4 Å². The number of thioether (sulfide) groups is 1. The Morgan fingerprint density at radius 3 is 2.33 bits per heavy atom. The second-order valence-corrected chi connectivity index (χ2v) is 5.15. The molecule has 0 bridgehead atoms. The minimum absolute atomic E-state index is 0.0649. The van der Waals surface area contributed by atoms with Gasteiger partial charge in [0.2, 0.25) is 5.91 Å². The fourth-order valence-electron chi connectivity index (χ4n) is 1.12. The Bertz CT molecular complexity index is 509. The third-order valence-corrected chi connectivity index (χ3v) is 3.15. The fourth-order valence-corrected chi connectivity index (χ4v) is 1.78. The number of hydrogen-bond donors (Lipinski definition) is 3. The number of hydrogen-bond acceptors (Lipinski definition) is 5. The molecule has 1 rings (SSSR count). The fraction of sp³-hybridized carbons (Fsp3) is 0.250. The first kappa shape index (κ1) is 17.1. The van der Waals surface area contributed by atoms with E-state index in [1.54, 1.807) is 24.3 Å². The van der Waals surface area contributed by atoms with E-state index >= 15 is 0 Å². The molecule has 0 heterocycles. The lowest BCUT2D eigenvalue weighted by atomic mass is 10.3. The van der Waals surface area contributed by atoms with Crippen molar-refractivity contribution in [2.45, 2.75) is 0 Å². The number of hydrazine groups is 1. The number of carbonyl (C=O) groups is 3. The number of aliphatic carboxylic acids is 1. The Morgan fingerprint density at radius 1 is 1.10 bits per heavy atom. The van der Waals surface area contributed by atoms with Crippen molar-refractivity contribution in [3.05, 3.63) is 29.3 Å². The van der Waals surface area contributed by atoms with Crippen molar-refractivity contribution in [1.29, 1.82) is 0 Å². The van der Waals surface area contributed by atoms with Crippen molar-refractivity contribution in [3.63, 3.8) is 0 Å². The Hall–Kier alpha value is -1.93. The second-order valence-electron chi connectivity index (χ2n) is 3.73. The third kappa shape index (κ3) is 8.05. The smallest absolute Gasteiger partial charge is 0.313 e. The first-order valence-corrected chi connectivity index (χ1v) is 7.26. The van der Waals surface area contributed by atoms with Gasteiger partial charge in [0, 0.05) is 5.02 Å². The van der Waals surface area contributed by atoms with Crippen molar-refractivity contribution in [2.75, 3.05) is 18.1 Å². The molecule has 2 amide bonds. The van der Waals surface area contributed by atoms with E-state index in [1.807, 2.05) is 0 Å². The average molecular weight is 333 g/mol. The molecule has 0 saturated carbocycles. The topological polar surface area (TPSA) is 105 Å². The van der Waals surface area contributed by atoms with E-state index in [4.69, 9.17) is 21.4 Å². The molecular formula is C12H13ClN2O5S. The summed E-state index contributed by atoms with van der Waals surface area (Å²) >= 11 is 6.63. The van der Waals surface area contributed by atoms with Crippen LogP contribution in [0.25, 0.3) is 0 Å². The molecule has 0 aliphatic carbocycles. The standard InChI is InChI=1S/C12H13ClN2O5S/c13-8-1-3-9(4-2-8)20-5-10(16)14-15-11(17)6-21-7-12(18)19/h1-4H,5-7H2,(H,14,16)(H,15,17)(H,18,19). The highest BCUT2D eigenvalue weighted by atomic mass is 35.5. The molecule has 0 aliphatic rings. The van der Waals surface area contributed by atoms with Gasteiger partial charge in [-0.3, -0.25) is 25.2 Å². The lowest BCUT2D eigenvalue weighted by molar-refractivity contribution is -0.134. The molecule has 0 aromatic heterocycles. The maximum Gasteiger partial charge on any atom is 0.313 e. The van der Waals surface area contributed by atoms with Crippen LogP contribution in [0.4, 0.5) is 0 Å². The minimum atomic E-state index is -1.01. The molecule has 0 unspecified atom stereocenters. The molecule has 1 aromatic carbocycles. The van der Waals surface area contributed by atoms with Crippen LogP contribution in [0.3, 0.4) is 0 Å². The summed E-state index contributed by atoms with van der Waals surface area (Å²) in [4.78, 5) is 32.9. The molecule has 3 N–H and O–H groups in total. The van der Waals surface area contributed by atoms with Gasteiger partial charge in [0.15, 0.2) is 6.61 Å². The van der Waals surface area contributed by atoms with Crippen molar-refractivity contribution >= 4 is 41.1 Å². The van der Waals surface area contributed by atoms with Crippen LogP contribution in [-0.4, -0.2) is 41.0 Å². The Morgan fingerprint density at radius 2 is 1.71 bits per heavy atom. The summed E-state index contributed by atoms with van der Waals surface area (Å²) in [5.74, 6) is -1.82. The van der Waals surface area contributed by atoms with E-state index in [9.17, 15) is 14.4 Å². The van der Waals surface area contributed by atoms with Crippen LogP contribution in [0.5, 0.6) is 5.75 Å². The molecule has 0 saturated heterocycles. The van der Waals surface area contributed by atoms with Gasteiger partial charge < -0.3 is 9.84 Å². The Labute approximate surface area is 130 Å². The Kier molecular flexibility index (Phi) is 7.41. The van der Waals surface area contributed by atoms with Crippen LogP contribution in [0.15, 0.2) is 24.3 Å². The molecule has 114 valence electrons. The second kappa shape index (κ2) is 9.09. The maximum absolute atomic E-state index is 11.4. The molecule has 0 aliphatic heterocycles. The lowest BCUT2D eigenvalue weighted by Crippen LogP contribution is -2.44. The molecule has 1 aromatic rings. The first-order chi connectivity index (χ1) is 9.97. The zero-order valence-electron chi connectivity index (χ0n) is 10.8. The Balaban J connectivity index is 2.17. The highest BCUT2D eigenvalue weighted by Gasteiger charge is 2.07. The number of ether oxygens (including phenoxy) is 1. The van der Waals surface area contributed by atoms with Crippen LogP contribution in [0.2, 0.25) is 5.02 Å². The van der Waals surface area contributed by atoms with Gasteiger partial charge in [-0.1, -0.05) is 11.6 Å². The van der Waals surface area contributed by atoms with Crippen LogP contribution < -0.4 is 15.6 Å². The largest absolute Gasteiger partial charge is 0.484 e. The maximum atomic E-state index is 11.4. The zero-order valence-corrected chi connectivity index (χ0v) is 12.4. The summed E-state index contributed by atoms with van der Waals surface area (Å²) < 4.78 is 5.16. The van der Waals surface area contributed by atoms with Crippen molar-refractivity contribution in [3.8, 4) is 5.75 Å². The molecule has 0 atom stereocenters. The van der Waals surface area contributed by atoms with Gasteiger partial charge in [0.1, 0.15) is 5.75 Å². The van der Waals surface area contributed by atoms with E-state index in [2.05, 4.69) is 10.9 Å². The SMILES string of the molecule is O=C(O)CSCC(=O)NNC(=O)COc1ccc(Cl)cc1. The summed E-state index contributed by atoms with van der Waals surface area (Å²) in [6.45, 7) is -0.274. The number of carbonyl (C=O) groups excluding carboxylic acids is 2. The summed E-state index contributed by atoms with van der Waals surface area (Å²) in [6, 6.07) is 6.46. The zero-order chi connectivity index (χ0) is 15.7. The van der Waals surface area contributed by atoms with Gasteiger partial charge in [-0.25, -0.2) is 0 Å². The summed E-state index contributed by atoms with van der Waals surface area (Å²) in [5.41, 5.74) is 4.30. The van der Waals surface area contributed by atoms with E-state index < -0.39 is 17.8 Å². The van der Waals surface area contributed by atoms with Crippen LogP contribution in [-0.2, 0) is 14.4 Å². The van der Waals surface area contributed by atoms with Crippen molar-refractivity contribution in [2.24, 2.45) is 0 Å². The number of benzene rings is 1. The number of halogens is 1. The van der Waals surface area contributed by atoms with E-state index in [1.165, 1.54) is 0 Å². The van der Waals surface area contributed by atoms with Gasteiger partial charge in [-0.2, -0.15) is 0 Å². The molecule has 0 radical (unpaired) electrons. The van der Waals surface area contributed by atoms with E-state index in [0.717, 1.165) is 11.8 Å². The molecular weight excluding hydrogens is 320 g/mol. The van der Waals surface area contributed by atoms with Gasteiger partial charge in [0.25, 0.3) is 5.91 Å². The average Bonchev–Trinajstić information content (AvgIpc) is 2.44. The van der Waals surface area contributed by atoms with Gasteiger partial charge in [0.05, 0.1) is 11.5 Å². The minimum Gasteiger partial charge on any atom is -0.484 e. The molecule has 21 heavy (non-hydrogen) atoms. The summed E-state index contributed by atoms with van der Waals surface area (Å²) in [7, 11) is 0. The van der Waals surface area contributed by atoms with Crippen LogP contribution in [0.1, 0.15) is 0 Å². The highest BCUT2D eigenvalue weighted by molar-refractivity contribution is 8.00. The number of nitrogens with one attached hydrogen (secondary N) is 2. The highest BCUT2D eigenvalue weighted by Crippen LogP contribution is 2.15. The molecule has 0 spiro atoms. The number of carboxylic acids is 1. The molecule has 9 heteroatoms. The monoisotopic (exact) mass is 332 g/mol. The number of amides is 2. The van der Waals surface area contributed by atoms with Gasteiger partial charge >= 0.3 is 5.97 Å². The van der Waals surface area contributed by atoms with Crippen molar-refractivity contribution < 1.29 is 24.2 Å². The summed E-state index contributed by atoms with van der Waals surface area (Å²) in [6.07, 6.45) is 0. The lowest BCUT2D eigenvalue weighted by Gasteiger charge is -2.08. The first-order valence-electron chi connectivity index (χ1n) is 5.73. The van der Waals surface area contributed by atoms with E-state index in [-0.39, 0.29) is 18.1 Å². The summed E-state index contributed by atoms with van der Waals surface area (Å²) in [5, 5.41) is 8.95. The van der Waals surface area contributed by atoms with Gasteiger partial charge in [-0.15, -0.1) is 11.8 Å². The number of rotatable bonds is 7. The van der Waals surface area contributed by atoms with Crippen LogP contribution in [0, 0.1) is 0 Å². The number of carboxylic acid groups (broad SMARTS) is 1. The van der Waals surface area contributed by atoms with Gasteiger partial charge in [-0.05, 0) is 24.3 Å². The predicted molar refractivity (Wildman–Crippen MR) is 78.2 cm³/mol. The quantitative estimate of drug-likeness (QED) is 0.634. The normalized spacial score (nSPS) is 9.76. The molecule has 7 nitrogen and oxygen atoms in total. The molecule has 0 fully saturated rings.